The van der Waals surface area contributed by atoms with Gasteiger partial charge in [0.15, 0.2) is 4.96 Å². The van der Waals surface area contributed by atoms with Gasteiger partial charge in [-0.25, -0.2) is 4.98 Å². The van der Waals surface area contributed by atoms with Gasteiger partial charge in [-0.05, 0) is 40.5 Å². The minimum atomic E-state index is 0.444. The first-order valence-electron chi connectivity index (χ1n) is 10.5. The van der Waals surface area contributed by atoms with Crippen LogP contribution in [0.5, 0.6) is 0 Å². The Morgan fingerprint density at radius 2 is 1.61 bits per heavy atom. The van der Waals surface area contributed by atoms with Gasteiger partial charge in [0.2, 0.25) is 0 Å². The van der Waals surface area contributed by atoms with Gasteiger partial charge >= 0.3 is 0 Å². The van der Waals surface area contributed by atoms with Gasteiger partial charge in [0.25, 0.3) is 0 Å². The Labute approximate surface area is 184 Å². The molecule has 0 atom stereocenters. The van der Waals surface area contributed by atoms with Gasteiger partial charge in [-0.15, -0.1) is 0 Å². The molecule has 0 aliphatic carbocycles. The fourth-order valence-corrected chi connectivity index (χ4v) is 5.31. The van der Waals surface area contributed by atoms with Gasteiger partial charge in [0, 0.05) is 17.3 Å². The number of rotatable bonds is 3. The zero-order chi connectivity index (χ0) is 20.9. The first-order valence-corrected chi connectivity index (χ1v) is 11.3. The second-order valence-electron chi connectivity index (χ2n) is 8.21. The van der Waals surface area contributed by atoms with Gasteiger partial charge in [0.05, 0.1) is 27.8 Å². The van der Waals surface area contributed by atoms with Crippen LogP contribution in [0.4, 0.5) is 0 Å². The molecule has 4 heteroatoms. The molecular formula is C27H21N3S. The van der Waals surface area contributed by atoms with Crippen LogP contribution in [0.15, 0.2) is 85.2 Å². The Morgan fingerprint density at radius 3 is 2.45 bits per heavy atom. The molecular weight excluding hydrogens is 398 g/mol. The minimum absolute atomic E-state index is 0.444. The van der Waals surface area contributed by atoms with Crippen LogP contribution in [0.2, 0.25) is 0 Å². The first-order chi connectivity index (χ1) is 15.2. The van der Waals surface area contributed by atoms with Crippen molar-refractivity contribution in [3.05, 3.63) is 90.8 Å². The summed E-state index contributed by atoms with van der Waals surface area (Å²) in [4.78, 5) is 10.5. The van der Waals surface area contributed by atoms with Crippen LogP contribution in [0.25, 0.3) is 48.5 Å². The summed E-state index contributed by atoms with van der Waals surface area (Å²) >= 11 is 1.68. The lowest BCUT2D eigenvalue weighted by Crippen LogP contribution is -1.93. The highest BCUT2D eigenvalue weighted by molar-refractivity contribution is 7.23. The Morgan fingerprint density at radius 1 is 0.806 bits per heavy atom. The van der Waals surface area contributed by atoms with Crippen LogP contribution in [-0.2, 0) is 0 Å². The topological polar surface area (TPSA) is 30.2 Å². The van der Waals surface area contributed by atoms with E-state index in [1.807, 2.05) is 18.5 Å². The maximum Gasteiger partial charge on any atom is 0.195 e. The summed E-state index contributed by atoms with van der Waals surface area (Å²) in [6, 6.07) is 25.8. The number of benzene rings is 3. The predicted molar refractivity (Wildman–Crippen MR) is 131 cm³/mol. The van der Waals surface area contributed by atoms with E-state index in [9.17, 15) is 0 Å². The van der Waals surface area contributed by atoms with E-state index < -0.39 is 0 Å². The fourth-order valence-electron chi connectivity index (χ4n) is 4.36. The quantitative estimate of drug-likeness (QED) is 0.296. The molecule has 3 aromatic heterocycles. The summed E-state index contributed by atoms with van der Waals surface area (Å²) in [5.41, 5.74) is 6.94. The average Bonchev–Trinajstić information content (AvgIpc) is 3.38. The Bertz CT molecular complexity index is 1560. The molecule has 0 aliphatic heterocycles. The van der Waals surface area contributed by atoms with Crippen LogP contribution < -0.4 is 0 Å². The summed E-state index contributed by atoms with van der Waals surface area (Å²) in [6.45, 7) is 4.50. The fraction of sp³-hybridized carbons (Fsp3) is 0.111. The molecule has 6 rings (SSSR count). The summed E-state index contributed by atoms with van der Waals surface area (Å²) in [5, 5.41) is 2.58. The SMILES string of the molecule is CC(C)c1cc(-c2cc3c(cn2)sc2ncc(-c4ccccc4)n23)cc2ccccc12. The standard InChI is InChI=1S/C27H21N3S/c1-17(2)22-13-20(12-19-10-6-7-11-21(19)22)23-14-24-26(16-28-23)31-27-29-15-25(30(24)27)18-8-4-3-5-9-18/h3-17H,1-2H3. The van der Waals surface area contributed by atoms with Gasteiger partial charge in [-0.1, -0.05) is 79.8 Å². The molecule has 3 heterocycles. The molecule has 3 nitrogen and oxygen atoms in total. The molecule has 0 amide bonds. The highest BCUT2D eigenvalue weighted by Crippen LogP contribution is 2.35. The lowest BCUT2D eigenvalue weighted by atomic mass is 9.92. The minimum Gasteiger partial charge on any atom is -0.283 e. The van der Waals surface area contributed by atoms with Crippen molar-refractivity contribution in [2.24, 2.45) is 0 Å². The number of aromatic nitrogens is 3. The molecule has 0 saturated carbocycles. The third-order valence-electron chi connectivity index (χ3n) is 5.90. The van der Waals surface area contributed by atoms with Crippen LogP contribution in [0, 0.1) is 0 Å². The first kappa shape index (κ1) is 18.3. The second kappa shape index (κ2) is 7.03. The highest BCUT2D eigenvalue weighted by atomic mass is 32.1. The van der Waals surface area contributed by atoms with Crippen LogP contribution >= 0.6 is 11.3 Å². The smallest absolute Gasteiger partial charge is 0.195 e. The number of hydrogen-bond acceptors (Lipinski definition) is 3. The maximum absolute atomic E-state index is 4.83. The van der Waals surface area contributed by atoms with E-state index in [1.165, 1.54) is 21.9 Å². The normalized spacial score (nSPS) is 11.8. The lowest BCUT2D eigenvalue weighted by molar-refractivity contribution is 0.876. The molecule has 0 radical (unpaired) electrons. The zero-order valence-electron chi connectivity index (χ0n) is 17.4. The van der Waals surface area contributed by atoms with E-state index in [1.54, 1.807) is 11.3 Å². The molecule has 31 heavy (non-hydrogen) atoms. The number of imidazole rings is 1. The lowest BCUT2D eigenvalue weighted by Gasteiger charge is -2.13. The Kier molecular flexibility index (Phi) is 4.15. The van der Waals surface area contributed by atoms with Gasteiger partial charge < -0.3 is 0 Å². The van der Waals surface area contributed by atoms with E-state index in [2.05, 4.69) is 90.0 Å². The zero-order valence-corrected chi connectivity index (χ0v) is 18.2. The third kappa shape index (κ3) is 2.94. The van der Waals surface area contributed by atoms with Crippen molar-refractivity contribution in [1.29, 1.82) is 0 Å². The van der Waals surface area contributed by atoms with Crippen molar-refractivity contribution < 1.29 is 0 Å². The Hall–Kier alpha value is -3.50. The molecule has 0 saturated heterocycles. The van der Waals surface area contributed by atoms with Crippen molar-refractivity contribution in [3.63, 3.8) is 0 Å². The number of hydrogen-bond donors (Lipinski definition) is 0. The molecule has 150 valence electrons. The number of thiazole rings is 1. The van der Waals surface area contributed by atoms with Gasteiger partial charge in [-0.2, -0.15) is 0 Å². The molecule has 0 N–H and O–H groups in total. The molecule has 0 spiro atoms. The highest BCUT2D eigenvalue weighted by Gasteiger charge is 2.15. The molecule has 0 aliphatic rings. The molecule has 3 aromatic carbocycles. The van der Waals surface area contributed by atoms with E-state index in [0.717, 1.165) is 32.1 Å². The van der Waals surface area contributed by atoms with Crippen LogP contribution in [0.3, 0.4) is 0 Å². The number of pyridine rings is 1. The third-order valence-corrected chi connectivity index (χ3v) is 6.90. The summed E-state index contributed by atoms with van der Waals surface area (Å²) in [7, 11) is 0. The Balaban J connectivity index is 1.59. The molecule has 0 unspecified atom stereocenters. The van der Waals surface area contributed by atoms with E-state index in [4.69, 9.17) is 4.98 Å². The summed E-state index contributed by atoms with van der Waals surface area (Å²) in [5.74, 6) is 0.444. The second-order valence-corrected chi connectivity index (χ2v) is 9.22. The van der Waals surface area contributed by atoms with Crippen LogP contribution in [-0.4, -0.2) is 14.4 Å². The van der Waals surface area contributed by atoms with Crippen molar-refractivity contribution in [2.45, 2.75) is 19.8 Å². The molecule has 0 fully saturated rings. The molecule has 0 bridgehead atoms. The van der Waals surface area contributed by atoms with Crippen molar-refractivity contribution in [1.82, 2.24) is 14.4 Å². The van der Waals surface area contributed by atoms with Crippen LogP contribution in [0.1, 0.15) is 25.3 Å². The van der Waals surface area contributed by atoms with Gasteiger partial charge in [-0.3, -0.25) is 9.38 Å². The van der Waals surface area contributed by atoms with E-state index in [0.29, 0.717) is 5.92 Å². The van der Waals surface area contributed by atoms with Crippen molar-refractivity contribution >= 4 is 37.3 Å². The average molecular weight is 420 g/mol. The van der Waals surface area contributed by atoms with Crippen molar-refractivity contribution in [2.75, 3.05) is 0 Å². The summed E-state index contributed by atoms with van der Waals surface area (Å²) in [6.07, 6.45) is 3.95. The van der Waals surface area contributed by atoms with Gasteiger partial charge in [0.1, 0.15) is 0 Å². The van der Waals surface area contributed by atoms with E-state index >= 15 is 0 Å². The van der Waals surface area contributed by atoms with E-state index in [-0.39, 0.29) is 0 Å². The largest absolute Gasteiger partial charge is 0.283 e. The monoisotopic (exact) mass is 419 g/mol. The maximum atomic E-state index is 4.83. The number of nitrogens with zero attached hydrogens (tertiary/aromatic N) is 3. The van der Waals surface area contributed by atoms with Crippen molar-refractivity contribution in [3.8, 4) is 22.5 Å². The predicted octanol–water partition coefficient (Wildman–Crippen LogP) is 7.55. The number of fused-ring (bicyclic) bond motifs is 4. The summed E-state index contributed by atoms with van der Waals surface area (Å²) < 4.78 is 3.40. The molecule has 6 aromatic rings.